The number of halogens is 1. The van der Waals surface area contributed by atoms with Gasteiger partial charge in [-0.1, -0.05) is 13.8 Å². The number of ether oxygens (including phenoxy) is 1. The van der Waals surface area contributed by atoms with Gasteiger partial charge in [0.1, 0.15) is 0 Å². The molecule has 0 amide bonds. The Morgan fingerprint density at radius 2 is 2.08 bits per heavy atom. The molecule has 12 heavy (non-hydrogen) atoms. The molecule has 0 aliphatic carbocycles. The lowest BCUT2D eigenvalue weighted by Crippen LogP contribution is -1.95. The van der Waals surface area contributed by atoms with Gasteiger partial charge in [0.25, 0.3) is 0 Å². The lowest BCUT2D eigenvalue weighted by atomic mass is 10.1. The van der Waals surface area contributed by atoms with E-state index >= 15 is 0 Å². The SMILES string of the molecule is COc1ccc(C(Cl)C(C)C)s1. The maximum atomic E-state index is 6.17. The van der Waals surface area contributed by atoms with E-state index in [-0.39, 0.29) is 5.38 Å². The molecule has 1 aromatic heterocycles. The van der Waals surface area contributed by atoms with Gasteiger partial charge >= 0.3 is 0 Å². The maximum absolute atomic E-state index is 6.17. The summed E-state index contributed by atoms with van der Waals surface area (Å²) in [5.74, 6) is 0.468. The molecule has 0 radical (unpaired) electrons. The van der Waals surface area contributed by atoms with Gasteiger partial charge in [-0.15, -0.1) is 22.9 Å². The largest absolute Gasteiger partial charge is 0.487 e. The van der Waals surface area contributed by atoms with Crippen LogP contribution < -0.4 is 4.74 Å². The molecule has 1 nitrogen and oxygen atoms in total. The molecular formula is C9H13ClOS. The van der Waals surface area contributed by atoms with E-state index in [1.165, 1.54) is 4.88 Å². The van der Waals surface area contributed by atoms with Crippen molar-refractivity contribution in [2.75, 3.05) is 7.11 Å². The third-order valence-corrected chi connectivity index (χ3v) is 3.66. The second-order valence-electron chi connectivity index (χ2n) is 3.01. The van der Waals surface area contributed by atoms with E-state index in [9.17, 15) is 0 Å². The summed E-state index contributed by atoms with van der Waals surface area (Å²) in [5.41, 5.74) is 0. The highest BCUT2D eigenvalue weighted by Gasteiger charge is 2.14. The topological polar surface area (TPSA) is 9.23 Å². The van der Waals surface area contributed by atoms with E-state index in [2.05, 4.69) is 13.8 Å². The molecule has 0 saturated heterocycles. The molecular weight excluding hydrogens is 192 g/mol. The zero-order valence-corrected chi connectivity index (χ0v) is 9.08. The minimum atomic E-state index is 0.110. The van der Waals surface area contributed by atoms with Crippen LogP contribution in [0.3, 0.4) is 0 Å². The number of hydrogen-bond acceptors (Lipinski definition) is 2. The molecule has 1 rings (SSSR count). The van der Waals surface area contributed by atoms with Crippen LogP contribution in [0.4, 0.5) is 0 Å². The zero-order chi connectivity index (χ0) is 9.14. The lowest BCUT2D eigenvalue weighted by molar-refractivity contribution is 0.427. The Hall–Kier alpha value is -0.210. The molecule has 1 atom stereocenters. The predicted octanol–water partition coefficient (Wildman–Crippen LogP) is 3.69. The first-order valence-corrected chi connectivity index (χ1v) is 5.18. The summed E-state index contributed by atoms with van der Waals surface area (Å²) in [6, 6.07) is 3.99. The summed E-state index contributed by atoms with van der Waals surface area (Å²) >= 11 is 7.78. The highest BCUT2D eigenvalue weighted by Crippen LogP contribution is 2.36. The molecule has 0 aliphatic heterocycles. The van der Waals surface area contributed by atoms with Gasteiger partial charge in [0.15, 0.2) is 5.06 Å². The fourth-order valence-corrected chi connectivity index (χ4v) is 2.10. The van der Waals surface area contributed by atoms with Gasteiger partial charge in [0.05, 0.1) is 12.5 Å². The van der Waals surface area contributed by atoms with Crippen molar-refractivity contribution in [3.05, 3.63) is 17.0 Å². The van der Waals surface area contributed by atoms with Crippen LogP contribution in [0, 0.1) is 5.92 Å². The predicted molar refractivity (Wildman–Crippen MR) is 54.3 cm³/mol. The van der Waals surface area contributed by atoms with Crippen LogP contribution in [0.25, 0.3) is 0 Å². The van der Waals surface area contributed by atoms with E-state index < -0.39 is 0 Å². The van der Waals surface area contributed by atoms with Gasteiger partial charge < -0.3 is 4.74 Å². The van der Waals surface area contributed by atoms with E-state index in [1.54, 1.807) is 18.4 Å². The Morgan fingerprint density at radius 1 is 1.42 bits per heavy atom. The molecule has 0 fully saturated rings. The Kier molecular flexibility index (Phi) is 3.41. The fraction of sp³-hybridized carbons (Fsp3) is 0.556. The van der Waals surface area contributed by atoms with E-state index in [0.29, 0.717) is 5.92 Å². The van der Waals surface area contributed by atoms with Crippen LogP contribution in [-0.4, -0.2) is 7.11 Å². The Bertz CT molecular complexity index is 244. The van der Waals surface area contributed by atoms with Crippen LogP contribution in [0.2, 0.25) is 0 Å². The van der Waals surface area contributed by atoms with E-state index in [4.69, 9.17) is 16.3 Å². The molecule has 1 heterocycles. The molecule has 68 valence electrons. The quantitative estimate of drug-likeness (QED) is 0.683. The number of thiophene rings is 1. The summed E-state index contributed by atoms with van der Waals surface area (Å²) in [7, 11) is 1.67. The third kappa shape index (κ3) is 2.14. The van der Waals surface area contributed by atoms with Gasteiger partial charge in [-0.05, 0) is 18.1 Å². The van der Waals surface area contributed by atoms with Crippen molar-refractivity contribution in [2.45, 2.75) is 19.2 Å². The monoisotopic (exact) mass is 204 g/mol. The van der Waals surface area contributed by atoms with Crippen LogP contribution in [0.1, 0.15) is 24.1 Å². The number of hydrogen-bond donors (Lipinski definition) is 0. The minimum absolute atomic E-state index is 0.110. The van der Waals surface area contributed by atoms with Crippen molar-refractivity contribution in [1.29, 1.82) is 0 Å². The van der Waals surface area contributed by atoms with Crippen molar-refractivity contribution >= 4 is 22.9 Å². The highest BCUT2D eigenvalue weighted by molar-refractivity contribution is 7.14. The van der Waals surface area contributed by atoms with Crippen molar-refractivity contribution in [1.82, 2.24) is 0 Å². The van der Waals surface area contributed by atoms with Gasteiger partial charge in [0.2, 0.25) is 0 Å². The molecule has 0 spiro atoms. The molecule has 0 N–H and O–H groups in total. The minimum Gasteiger partial charge on any atom is -0.487 e. The Balaban J connectivity index is 2.74. The van der Waals surface area contributed by atoms with Crippen molar-refractivity contribution in [3.8, 4) is 5.06 Å². The van der Waals surface area contributed by atoms with Crippen LogP contribution in [0.15, 0.2) is 12.1 Å². The standard InChI is InChI=1S/C9H13ClOS/c1-6(2)9(10)7-4-5-8(11-3)12-7/h4-6,9H,1-3H3. The second kappa shape index (κ2) is 4.15. The molecule has 0 bridgehead atoms. The average molecular weight is 205 g/mol. The van der Waals surface area contributed by atoms with E-state index in [1.807, 2.05) is 12.1 Å². The summed E-state index contributed by atoms with van der Waals surface area (Å²) in [4.78, 5) is 1.18. The summed E-state index contributed by atoms with van der Waals surface area (Å²) in [6.07, 6.45) is 0. The first kappa shape index (κ1) is 9.87. The first-order valence-electron chi connectivity index (χ1n) is 3.93. The number of methoxy groups -OCH3 is 1. The maximum Gasteiger partial charge on any atom is 0.173 e. The number of rotatable bonds is 3. The molecule has 3 heteroatoms. The zero-order valence-electron chi connectivity index (χ0n) is 7.50. The second-order valence-corrected chi connectivity index (χ2v) is 4.55. The Labute approximate surface area is 82.3 Å². The molecule has 0 aromatic carbocycles. The Morgan fingerprint density at radius 3 is 2.50 bits per heavy atom. The molecule has 1 aromatic rings. The van der Waals surface area contributed by atoms with Crippen molar-refractivity contribution in [2.24, 2.45) is 5.92 Å². The van der Waals surface area contributed by atoms with Gasteiger partial charge in [-0.25, -0.2) is 0 Å². The van der Waals surface area contributed by atoms with Crippen LogP contribution in [0.5, 0.6) is 5.06 Å². The normalized spacial score (nSPS) is 13.4. The first-order chi connectivity index (χ1) is 5.65. The fourth-order valence-electron chi connectivity index (χ4n) is 0.921. The van der Waals surface area contributed by atoms with Crippen molar-refractivity contribution < 1.29 is 4.74 Å². The van der Waals surface area contributed by atoms with Crippen molar-refractivity contribution in [3.63, 3.8) is 0 Å². The molecule has 0 aliphatic rings. The lowest BCUT2D eigenvalue weighted by Gasteiger charge is -2.09. The third-order valence-electron chi connectivity index (χ3n) is 1.66. The van der Waals surface area contributed by atoms with E-state index in [0.717, 1.165) is 5.06 Å². The van der Waals surface area contributed by atoms with Gasteiger partial charge in [0, 0.05) is 4.88 Å². The summed E-state index contributed by atoms with van der Waals surface area (Å²) in [5, 5.41) is 1.04. The average Bonchev–Trinajstić information content (AvgIpc) is 2.50. The van der Waals surface area contributed by atoms with Gasteiger partial charge in [-0.3, -0.25) is 0 Å². The summed E-state index contributed by atoms with van der Waals surface area (Å²) < 4.78 is 5.08. The number of alkyl halides is 1. The van der Waals surface area contributed by atoms with Crippen LogP contribution in [-0.2, 0) is 0 Å². The highest BCUT2D eigenvalue weighted by atomic mass is 35.5. The molecule has 0 saturated carbocycles. The van der Waals surface area contributed by atoms with Gasteiger partial charge in [-0.2, -0.15) is 0 Å². The summed E-state index contributed by atoms with van der Waals surface area (Å²) in [6.45, 7) is 4.23. The van der Waals surface area contributed by atoms with Crippen LogP contribution >= 0.6 is 22.9 Å². The molecule has 1 unspecified atom stereocenters. The smallest absolute Gasteiger partial charge is 0.173 e.